The van der Waals surface area contributed by atoms with Crippen LogP contribution in [-0.4, -0.2) is 6.10 Å². The van der Waals surface area contributed by atoms with Gasteiger partial charge in [0, 0.05) is 0 Å². The lowest BCUT2D eigenvalue weighted by Gasteiger charge is -2.16. The van der Waals surface area contributed by atoms with Gasteiger partial charge in [0.25, 0.3) is 0 Å². The molecule has 0 bridgehead atoms. The second kappa shape index (κ2) is 8.43. The molecule has 0 spiro atoms. The predicted octanol–water partition coefficient (Wildman–Crippen LogP) is 4.22. The molecule has 0 aromatic heterocycles. The summed E-state index contributed by atoms with van der Waals surface area (Å²) in [7, 11) is 0. The van der Waals surface area contributed by atoms with Crippen LogP contribution >= 0.6 is 31.0 Å². The summed E-state index contributed by atoms with van der Waals surface area (Å²) in [5.74, 6) is 0. The van der Waals surface area contributed by atoms with Crippen LogP contribution in [0.1, 0.15) is 32.6 Å². The Balaban J connectivity index is 3.61. The standard InChI is InChI=1S/C8H17OPS2/c1-3-5-7-8(6-4-2)9-10(11)12/h4,8,11-12H,2-3,5-7H2,1H3. The Morgan fingerprint density at radius 1 is 1.58 bits per heavy atom. The second-order valence-electron chi connectivity index (χ2n) is 2.65. The normalized spacial score (nSPS) is 13.3. The van der Waals surface area contributed by atoms with Crippen LogP contribution < -0.4 is 0 Å². The Morgan fingerprint density at radius 2 is 2.25 bits per heavy atom. The second-order valence-corrected chi connectivity index (χ2v) is 6.49. The quantitative estimate of drug-likeness (QED) is 0.374. The first kappa shape index (κ1) is 12.8. The van der Waals surface area contributed by atoms with Gasteiger partial charge in [0.15, 0.2) is 0 Å². The van der Waals surface area contributed by atoms with Crippen molar-refractivity contribution in [2.24, 2.45) is 0 Å². The average Bonchev–Trinajstić information content (AvgIpc) is 2.00. The molecular formula is C8H17OPS2. The highest BCUT2D eigenvalue weighted by Crippen LogP contribution is 2.48. The van der Waals surface area contributed by atoms with Gasteiger partial charge >= 0.3 is 0 Å². The van der Waals surface area contributed by atoms with Crippen molar-refractivity contribution in [1.29, 1.82) is 0 Å². The minimum Gasteiger partial charge on any atom is -0.336 e. The zero-order valence-corrected chi connectivity index (χ0v) is 10.1. The summed E-state index contributed by atoms with van der Waals surface area (Å²) in [6.45, 7) is 5.04. The van der Waals surface area contributed by atoms with Crippen molar-refractivity contribution in [3.05, 3.63) is 12.7 Å². The molecule has 0 heterocycles. The molecule has 1 atom stereocenters. The molecule has 0 aliphatic rings. The van der Waals surface area contributed by atoms with Crippen LogP contribution in [0, 0.1) is 0 Å². The largest absolute Gasteiger partial charge is 0.336 e. The van der Waals surface area contributed by atoms with Crippen LogP contribution in [0.15, 0.2) is 12.7 Å². The molecule has 0 aromatic carbocycles. The first-order valence-electron chi connectivity index (χ1n) is 4.16. The molecule has 0 saturated carbocycles. The van der Waals surface area contributed by atoms with E-state index in [0.717, 1.165) is 12.8 Å². The summed E-state index contributed by atoms with van der Waals surface area (Å²) in [5, 5.41) is 0. The molecule has 0 fully saturated rings. The summed E-state index contributed by atoms with van der Waals surface area (Å²) in [6.07, 6.45) is 6.55. The highest BCUT2D eigenvalue weighted by molar-refractivity contribution is 8.76. The number of hydrogen-bond donors (Lipinski definition) is 2. The third kappa shape index (κ3) is 7.48. The lowest BCUT2D eigenvalue weighted by molar-refractivity contribution is 0.223. The molecule has 0 aliphatic heterocycles. The summed E-state index contributed by atoms with van der Waals surface area (Å²) in [4.78, 5) is 0. The van der Waals surface area contributed by atoms with E-state index in [1.165, 1.54) is 12.8 Å². The molecule has 0 radical (unpaired) electrons. The molecule has 0 aliphatic carbocycles. The van der Waals surface area contributed by atoms with E-state index in [9.17, 15) is 0 Å². The first-order valence-corrected chi connectivity index (χ1v) is 7.72. The van der Waals surface area contributed by atoms with Gasteiger partial charge in [-0.2, -0.15) is 0 Å². The summed E-state index contributed by atoms with van der Waals surface area (Å²) >= 11 is 8.25. The summed E-state index contributed by atoms with van der Waals surface area (Å²) < 4.78 is 5.51. The molecule has 4 heteroatoms. The maximum atomic E-state index is 5.51. The number of rotatable bonds is 7. The van der Waals surface area contributed by atoms with Gasteiger partial charge in [0.1, 0.15) is 6.55 Å². The fourth-order valence-electron chi connectivity index (χ4n) is 0.965. The van der Waals surface area contributed by atoms with Gasteiger partial charge in [0.2, 0.25) is 0 Å². The molecular weight excluding hydrogens is 207 g/mol. The Hall–Kier alpha value is 0.830. The predicted molar refractivity (Wildman–Crippen MR) is 64.1 cm³/mol. The van der Waals surface area contributed by atoms with Gasteiger partial charge in [0.05, 0.1) is 6.10 Å². The molecule has 72 valence electrons. The number of unbranched alkanes of at least 4 members (excludes halogenated alkanes) is 1. The molecule has 1 nitrogen and oxygen atoms in total. The third-order valence-electron chi connectivity index (χ3n) is 1.55. The SMILES string of the molecule is C=CCC(CCCC)OP(S)S. The number of hydrogen-bond acceptors (Lipinski definition) is 3. The molecule has 0 N–H and O–H groups in total. The lowest BCUT2D eigenvalue weighted by atomic mass is 10.1. The van der Waals surface area contributed by atoms with Gasteiger partial charge in [-0.25, -0.2) is 0 Å². The topological polar surface area (TPSA) is 9.23 Å². The van der Waals surface area contributed by atoms with E-state index in [-0.39, 0.29) is 6.10 Å². The summed E-state index contributed by atoms with van der Waals surface area (Å²) in [5.41, 5.74) is 0. The fraction of sp³-hybridized carbons (Fsp3) is 0.750. The van der Waals surface area contributed by atoms with Crippen molar-refractivity contribution in [2.45, 2.75) is 38.7 Å². The smallest absolute Gasteiger partial charge is 0.145 e. The van der Waals surface area contributed by atoms with Crippen molar-refractivity contribution in [3.8, 4) is 0 Å². The monoisotopic (exact) mass is 224 g/mol. The molecule has 0 rings (SSSR count). The van der Waals surface area contributed by atoms with Crippen molar-refractivity contribution < 1.29 is 4.52 Å². The van der Waals surface area contributed by atoms with E-state index in [1.807, 2.05) is 6.08 Å². The van der Waals surface area contributed by atoms with Gasteiger partial charge in [-0.3, -0.25) is 0 Å². The highest BCUT2D eigenvalue weighted by Gasteiger charge is 2.09. The maximum absolute atomic E-state index is 5.51. The van der Waals surface area contributed by atoms with E-state index in [1.54, 1.807) is 0 Å². The van der Waals surface area contributed by atoms with Crippen molar-refractivity contribution >= 4 is 31.0 Å². The molecule has 0 amide bonds. The van der Waals surface area contributed by atoms with E-state index >= 15 is 0 Å². The maximum Gasteiger partial charge on any atom is 0.145 e. The van der Waals surface area contributed by atoms with E-state index in [2.05, 4.69) is 38.0 Å². The molecule has 0 saturated heterocycles. The van der Waals surface area contributed by atoms with Crippen LogP contribution in [0.5, 0.6) is 0 Å². The van der Waals surface area contributed by atoms with Crippen LogP contribution in [0.25, 0.3) is 0 Å². The van der Waals surface area contributed by atoms with Gasteiger partial charge in [-0.1, -0.05) is 25.8 Å². The fourth-order valence-corrected chi connectivity index (χ4v) is 2.22. The molecule has 0 aromatic rings. The summed E-state index contributed by atoms with van der Waals surface area (Å²) in [6, 6.07) is 0. The molecule has 12 heavy (non-hydrogen) atoms. The van der Waals surface area contributed by atoms with Crippen LogP contribution in [0.4, 0.5) is 0 Å². The zero-order valence-electron chi connectivity index (χ0n) is 7.44. The van der Waals surface area contributed by atoms with E-state index in [4.69, 9.17) is 4.52 Å². The van der Waals surface area contributed by atoms with Crippen LogP contribution in [0.3, 0.4) is 0 Å². The Morgan fingerprint density at radius 3 is 2.67 bits per heavy atom. The zero-order chi connectivity index (χ0) is 9.40. The van der Waals surface area contributed by atoms with Crippen LogP contribution in [0.2, 0.25) is 0 Å². The van der Waals surface area contributed by atoms with Gasteiger partial charge in [-0.15, -0.1) is 31.1 Å². The van der Waals surface area contributed by atoms with Crippen molar-refractivity contribution in [2.75, 3.05) is 0 Å². The highest BCUT2D eigenvalue weighted by atomic mass is 33.1. The third-order valence-corrected chi connectivity index (χ3v) is 2.60. The number of thiol groups is 2. The average molecular weight is 224 g/mol. The van der Waals surface area contributed by atoms with Crippen LogP contribution in [-0.2, 0) is 4.52 Å². The van der Waals surface area contributed by atoms with E-state index in [0.29, 0.717) is 0 Å². The Labute approximate surface area is 87.1 Å². The minimum absolute atomic E-state index is 0.267. The minimum atomic E-state index is -0.827. The molecule has 1 unspecified atom stereocenters. The Kier molecular flexibility index (Phi) is 9.01. The van der Waals surface area contributed by atoms with Gasteiger partial charge in [-0.05, 0) is 12.8 Å². The van der Waals surface area contributed by atoms with E-state index < -0.39 is 6.55 Å². The first-order chi connectivity index (χ1) is 5.70. The lowest BCUT2D eigenvalue weighted by Crippen LogP contribution is -2.06. The van der Waals surface area contributed by atoms with Crippen molar-refractivity contribution in [1.82, 2.24) is 0 Å². The Bertz CT molecular complexity index is 120. The van der Waals surface area contributed by atoms with Gasteiger partial charge < -0.3 is 4.52 Å². The van der Waals surface area contributed by atoms with Crippen molar-refractivity contribution in [3.63, 3.8) is 0 Å².